The van der Waals surface area contributed by atoms with E-state index in [1.54, 1.807) is 24.3 Å². The molecule has 2 bridgehead atoms. The molecule has 3 fully saturated rings. The second kappa shape index (κ2) is 7.66. The average Bonchev–Trinajstić information content (AvgIpc) is 3.09. The Hall–Kier alpha value is -2.45. The van der Waals surface area contributed by atoms with E-state index in [9.17, 15) is 9.90 Å². The number of aromatic nitrogens is 3. The van der Waals surface area contributed by atoms with Crippen LogP contribution in [0.3, 0.4) is 0 Å². The maximum atomic E-state index is 12.8. The Morgan fingerprint density at radius 2 is 2.30 bits per heavy atom. The summed E-state index contributed by atoms with van der Waals surface area (Å²) in [5.41, 5.74) is 1.59. The molecule has 0 spiro atoms. The minimum atomic E-state index is -0.00653. The van der Waals surface area contributed by atoms with Crippen LogP contribution in [0.5, 0.6) is 5.75 Å². The summed E-state index contributed by atoms with van der Waals surface area (Å²) >= 11 is 0. The molecule has 27 heavy (non-hydrogen) atoms. The third kappa shape index (κ3) is 3.96. The first kappa shape index (κ1) is 17.9. The van der Waals surface area contributed by atoms with E-state index in [0.717, 1.165) is 38.2 Å². The highest BCUT2D eigenvalue weighted by molar-refractivity contribution is 5.93. The largest absolute Gasteiger partial charge is 0.508 e. The number of phenols is 1. The lowest BCUT2D eigenvalue weighted by Crippen LogP contribution is -2.57. The van der Waals surface area contributed by atoms with Gasteiger partial charge in [0.15, 0.2) is 0 Å². The Balaban J connectivity index is 1.37. The third-order valence-electron chi connectivity index (χ3n) is 5.67. The van der Waals surface area contributed by atoms with Crippen LogP contribution in [-0.4, -0.2) is 57.1 Å². The lowest BCUT2D eigenvalue weighted by Gasteiger charge is -2.49. The Kier molecular flexibility index (Phi) is 5.09. The van der Waals surface area contributed by atoms with Crippen molar-refractivity contribution in [3.05, 3.63) is 36.2 Å². The second-order valence-corrected chi connectivity index (χ2v) is 7.54. The van der Waals surface area contributed by atoms with Crippen LogP contribution >= 0.6 is 0 Å². The molecule has 3 saturated heterocycles. The number of aromatic hydroxyl groups is 1. The van der Waals surface area contributed by atoms with E-state index in [0.29, 0.717) is 24.2 Å². The summed E-state index contributed by atoms with van der Waals surface area (Å²) in [6, 6.07) is 7.11. The normalized spacial score (nSPS) is 26.9. The Morgan fingerprint density at radius 3 is 3.04 bits per heavy atom. The molecule has 4 atom stereocenters. The highest BCUT2D eigenvalue weighted by Gasteiger charge is 2.43. The molecule has 0 aliphatic carbocycles. The van der Waals surface area contributed by atoms with Gasteiger partial charge in [-0.15, -0.1) is 5.10 Å². The van der Waals surface area contributed by atoms with Crippen LogP contribution < -0.4 is 10.6 Å². The summed E-state index contributed by atoms with van der Waals surface area (Å²) in [6.07, 6.45) is 4.04. The highest BCUT2D eigenvalue weighted by Crippen LogP contribution is 2.37. The first-order valence-electron chi connectivity index (χ1n) is 9.50. The number of carbonyl (C=O) groups is 1. The van der Waals surface area contributed by atoms with Gasteiger partial charge in [0.2, 0.25) is 5.91 Å². The summed E-state index contributed by atoms with van der Waals surface area (Å²) in [5.74, 6) is 0.587. The van der Waals surface area contributed by atoms with E-state index in [1.165, 1.54) is 0 Å². The van der Waals surface area contributed by atoms with E-state index in [4.69, 9.17) is 0 Å². The molecular formula is C19H26N6O2. The van der Waals surface area contributed by atoms with Gasteiger partial charge >= 0.3 is 0 Å². The van der Waals surface area contributed by atoms with Gasteiger partial charge in [-0.25, -0.2) is 0 Å². The molecule has 4 heterocycles. The standard InChI is InChI=1S/C19H26N6O2/c1-20-9-15-10-25(23-22-15)11-16-7-13-5-6-24(16)12-18(13)19(27)21-14-3-2-4-17(26)8-14/h2-4,8,10,13,16,18,20,26H,5-7,9,11-12H2,1H3,(H,21,27). The average molecular weight is 370 g/mol. The number of nitrogens with zero attached hydrogens (tertiary/aromatic N) is 4. The summed E-state index contributed by atoms with van der Waals surface area (Å²) < 4.78 is 1.92. The molecule has 2 aromatic rings. The smallest absolute Gasteiger partial charge is 0.229 e. The lowest BCUT2D eigenvalue weighted by atomic mass is 9.75. The fourth-order valence-electron chi connectivity index (χ4n) is 4.35. The van der Waals surface area contributed by atoms with Crippen LogP contribution in [0.1, 0.15) is 18.5 Å². The molecule has 8 nitrogen and oxygen atoms in total. The fourth-order valence-corrected chi connectivity index (χ4v) is 4.35. The number of piperidine rings is 3. The van der Waals surface area contributed by atoms with Gasteiger partial charge < -0.3 is 15.7 Å². The van der Waals surface area contributed by atoms with Crippen LogP contribution in [0, 0.1) is 11.8 Å². The van der Waals surface area contributed by atoms with E-state index in [1.807, 2.05) is 17.9 Å². The molecule has 3 aliphatic rings. The summed E-state index contributed by atoms with van der Waals surface area (Å²) in [6.45, 7) is 3.34. The number of anilines is 1. The summed E-state index contributed by atoms with van der Waals surface area (Å²) in [7, 11) is 1.90. The molecule has 3 aliphatic heterocycles. The van der Waals surface area contributed by atoms with Crippen LogP contribution in [0.25, 0.3) is 0 Å². The first-order valence-corrected chi connectivity index (χ1v) is 9.50. The van der Waals surface area contributed by atoms with Crippen molar-refractivity contribution in [1.29, 1.82) is 0 Å². The van der Waals surface area contributed by atoms with Gasteiger partial charge in [0.25, 0.3) is 0 Å². The zero-order valence-electron chi connectivity index (χ0n) is 15.5. The van der Waals surface area contributed by atoms with Crippen molar-refractivity contribution in [3.8, 4) is 5.75 Å². The molecule has 0 radical (unpaired) electrons. The van der Waals surface area contributed by atoms with E-state index in [2.05, 4.69) is 25.8 Å². The molecule has 1 aromatic heterocycles. The van der Waals surface area contributed by atoms with Crippen molar-refractivity contribution in [3.63, 3.8) is 0 Å². The van der Waals surface area contributed by atoms with Gasteiger partial charge in [-0.05, 0) is 44.5 Å². The molecule has 5 rings (SSSR count). The van der Waals surface area contributed by atoms with E-state index >= 15 is 0 Å². The minimum Gasteiger partial charge on any atom is -0.508 e. The van der Waals surface area contributed by atoms with Gasteiger partial charge in [0.05, 0.1) is 18.2 Å². The molecule has 4 unspecified atom stereocenters. The van der Waals surface area contributed by atoms with Crippen molar-refractivity contribution < 1.29 is 9.90 Å². The predicted octanol–water partition coefficient (Wildman–Crippen LogP) is 1.05. The zero-order chi connectivity index (χ0) is 18.8. The highest BCUT2D eigenvalue weighted by atomic mass is 16.3. The van der Waals surface area contributed by atoms with Crippen LogP contribution in [-0.2, 0) is 17.9 Å². The summed E-state index contributed by atoms with van der Waals surface area (Å²) in [5, 5.41) is 24.0. The Labute approximate surface area is 158 Å². The maximum absolute atomic E-state index is 12.8. The molecule has 144 valence electrons. The van der Waals surface area contributed by atoms with Gasteiger partial charge in [0, 0.05) is 37.1 Å². The number of nitrogens with one attached hydrogen (secondary N) is 2. The second-order valence-electron chi connectivity index (χ2n) is 7.54. The van der Waals surface area contributed by atoms with Gasteiger partial charge in [-0.3, -0.25) is 14.4 Å². The Bertz CT molecular complexity index is 807. The minimum absolute atomic E-state index is 0.00653. The summed E-state index contributed by atoms with van der Waals surface area (Å²) in [4.78, 5) is 15.2. The Morgan fingerprint density at radius 1 is 1.41 bits per heavy atom. The SMILES string of the molecule is CNCc1cn(CC2CC3CCN2CC3C(=O)Nc2cccc(O)c2)nn1. The number of fused-ring (bicyclic) bond motifs is 3. The number of carbonyl (C=O) groups excluding carboxylic acids is 1. The molecule has 3 N–H and O–H groups in total. The maximum Gasteiger partial charge on any atom is 0.229 e. The fraction of sp³-hybridized carbons (Fsp3) is 0.526. The van der Waals surface area contributed by atoms with Gasteiger partial charge in [-0.2, -0.15) is 0 Å². The van der Waals surface area contributed by atoms with Crippen LogP contribution in [0.4, 0.5) is 5.69 Å². The molecule has 8 heteroatoms. The first-order chi connectivity index (χ1) is 13.1. The number of rotatable bonds is 6. The monoisotopic (exact) mass is 370 g/mol. The lowest BCUT2D eigenvalue weighted by molar-refractivity contribution is -0.127. The van der Waals surface area contributed by atoms with Crippen LogP contribution in [0.2, 0.25) is 0 Å². The van der Waals surface area contributed by atoms with Crippen molar-refractivity contribution in [1.82, 2.24) is 25.2 Å². The quantitative estimate of drug-likeness (QED) is 0.704. The predicted molar refractivity (Wildman–Crippen MR) is 101 cm³/mol. The van der Waals surface area contributed by atoms with Crippen LogP contribution in [0.15, 0.2) is 30.5 Å². The zero-order valence-corrected chi connectivity index (χ0v) is 15.5. The van der Waals surface area contributed by atoms with E-state index < -0.39 is 0 Å². The number of hydrogen-bond donors (Lipinski definition) is 3. The van der Waals surface area contributed by atoms with Crippen molar-refractivity contribution in [2.45, 2.75) is 32.0 Å². The van der Waals surface area contributed by atoms with Crippen molar-refractivity contribution in [2.24, 2.45) is 11.8 Å². The molecule has 1 amide bonds. The van der Waals surface area contributed by atoms with Gasteiger partial charge in [0.1, 0.15) is 5.75 Å². The molecule has 0 saturated carbocycles. The number of benzene rings is 1. The number of amides is 1. The van der Waals surface area contributed by atoms with Crippen molar-refractivity contribution in [2.75, 3.05) is 25.5 Å². The number of phenolic OH excluding ortho intramolecular Hbond substituents is 1. The topological polar surface area (TPSA) is 95.3 Å². The third-order valence-corrected chi connectivity index (χ3v) is 5.67. The van der Waals surface area contributed by atoms with Crippen molar-refractivity contribution >= 4 is 11.6 Å². The van der Waals surface area contributed by atoms with E-state index in [-0.39, 0.29) is 17.6 Å². The molecular weight excluding hydrogens is 344 g/mol. The molecule has 1 aromatic carbocycles. The number of hydrogen-bond acceptors (Lipinski definition) is 6. The van der Waals surface area contributed by atoms with Gasteiger partial charge in [-0.1, -0.05) is 11.3 Å².